The van der Waals surface area contributed by atoms with Gasteiger partial charge in [-0.3, -0.25) is 4.90 Å². The van der Waals surface area contributed by atoms with Crippen molar-refractivity contribution in [1.29, 1.82) is 0 Å². The van der Waals surface area contributed by atoms with E-state index in [1.165, 1.54) is 5.56 Å². The summed E-state index contributed by atoms with van der Waals surface area (Å²) in [7, 11) is 0. The molecule has 100 valence electrons. The van der Waals surface area contributed by atoms with E-state index in [1.807, 2.05) is 12.1 Å². The largest absolute Gasteiger partial charge is 0.309 e. The van der Waals surface area contributed by atoms with Crippen molar-refractivity contribution in [2.24, 2.45) is 0 Å². The Kier molecular flexibility index (Phi) is 4.66. The molecular weight excluding hydrogens is 244 g/mol. The second-order valence-corrected chi connectivity index (χ2v) is 6.04. The zero-order valence-electron chi connectivity index (χ0n) is 11.5. The minimum absolute atomic E-state index is 0.582. The third-order valence-electron chi connectivity index (χ3n) is 3.65. The Morgan fingerprint density at radius 2 is 1.78 bits per heavy atom. The first-order chi connectivity index (χ1) is 8.54. The van der Waals surface area contributed by atoms with E-state index in [0.717, 1.165) is 24.5 Å². The first-order valence-corrected chi connectivity index (χ1v) is 7.17. The average Bonchev–Trinajstić information content (AvgIpc) is 2.31. The summed E-state index contributed by atoms with van der Waals surface area (Å²) in [5.41, 5.74) is 1.37. The van der Waals surface area contributed by atoms with Crippen molar-refractivity contribution in [1.82, 2.24) is 10.2 Å². The molecule has 0 spiro atoms. The standard InChI is InChI=1S/C15H23ClN2/c1-11-9-18(10-12(2)17-11)13(3)8-14-4-6-15(16)7-5-14/h4-7,11-13,17H,8-10H2,1-3H3. The molecule has 3 unspecified atom stereocenters. The lowest BCUT2D eigenvalue weighted by atomic mass is 10.0. The molecule has 1 aliphatic heterocycles. The van der Waals surface area contributed by atoms with E-state index < -0.39 is 0 Å². The number of rotatable bonds is 3. The molecule has 0 radical (unpaired) electrons. The summed E-state index contributed by atoms with van der Waals surface area (Å²) in [5.74, 6) is 0. The quantitative estimate of drug-likeness (QED) is 0.905. The molecule has 3 atom stereocenters. The van der Waals surface area contributed by atoms with E-state index in [1.54, 1.807) is 0 Å². The topological polar surface area (TPSA) is 15.3 Å². The normalized spacial score (nSPS) is 27.1. The van der Waals surface area contributed by atoms with Crippen LogP contribution in [-0.4, -0.2) is 36.1 Å². The third kappa shape index (κ3) is 3.71. The van der Waals surface area contributed by atoms with Gasteiger partial charge in [-0.05, 0) is 44.9 Å². The van der Waals surface area contributed by atoms with Gasteiger partial charge in [-0.2, -0.15) is 0 Å². The van der Waals surface area contributed by atoms with Crippen LogP contribution in [0, 0.1) is 0 Å². The van der Waals surface area contributed by atoms with Gasteiger partial charge in [0.05, 0.1) is 0 Å². The van der Waals surface area contributed by atoms with Crippen molar-refractivity contribution in [3.05, 3.63) is 34.9 Å². The lowest BCUT2D eigenvalue weighted by Crippen LogP contribution is -2.56. The summed E-state index contributed by atoms with van der Waals surface area (Å²) in [5, 5.41) is 4.39. The van der Waals surface area contributed by atoms with Crippen molar-refractivity contribution in [2.75, 3.05) is 13.1 Å². The zero-order chi connectivity index (χ0) is 13.1. The maximum atomic E-state index is 5.92. The van der Waals surface area contributed by atoms with Gasteiger partial charge >= 0.3 is 0 Å². The number of nitrogens with one attached hydrogen (secondary N) is 1. The van der Waals surface area contributed by atoms with Gasteiger partial charge in [0.1, 0.15) is 0 Å². The highest BCUT2D eigenvalue weighted by molar-refractivity contribution is 6.30. The predicted molar refractivity (Wildman–Crippen MR) is 78.3 cm³/mol. The fourth-order valence-corrected chi connectivity index (χ4v) is 2.95. The highest BCUT2D eigenvalue weighted by Gasteiger charge is 2.24. The maximum absolute atomic E-state index is 5.92. The first kappa shape index (κ1) is 13.9. The van der Waals surface area contributed by atoms with E-state index in [9.17, 15) is 0 Å². The predicted octanol–water partition coefficient (Wildman–Crippen LogP) is 2.95. The second kappa shape index (κ2) is 6.05. The molecule has 1 N–H and O–H groups in total. The SMILES string of the molecule is CC1CN(C(C)Cc2ccc(Cl)cc2)CC(C)N1. The Labute approximate surface area is 115 Å². The molecule has 1 heterocycles. The fourth-order valence-electron chi connectivity index (χ4n) is 2.82. The summed E-state index contributed by atoms with van der Waals surface area (Å²) in [6, 6.07) is 9.97. The third-order valence-corrected chi connectivity index (χ3v) is 3.91. The van der Waals surface area contributed by atoms with Crippen molar-refractivity contribution in [3.63, 3.8) is 0 Å². The molecule has 0 amide bonds. The molecule has 1 aromatic carbocycles. The lowest BCUT2D eigenvalue weighted by molar-refractivity contribution is 0.130. The van der Waals surface area contributed by atoms with Crippen LogP contribution in [0.1, 0.15) is 26.3 Å². The van der Waals surface area contributed by atoms with E-state index in [4.69, 9.17) is 11.6 Å². The van der Waals surface area contributed by atoms with Crippen LogP contribution in [0.5, 0.6) is 0 Å². The number of hydrogen-bond acceptors (Lipinski definition) is 2. The van der Waals surface area contributed by atoms with Gasteiger partial charge in [0, 0.05) is 36.2 Å². The molecule has 0 aromatic heterocycles. The number of benzene rings is 1. The van der Waals surface area contributed by atoms with Crippen molar-refractivity contribution in [3.8, 4) is 0 Å². The molecule has 18 heavy (non-hydrogen) atoms. The summed E-state index contributed by atoms with van der Waals surface area (Å²) < 4.78 is 0. The van der Waals surface area contributed by atoms with Crippen LogP contribution >= 0.6 is 11.6 Å². The van der Waals surface area contributed by atoms with Crippen LogP contribution in [-0.2, 0) is 6.42 Å². The summed E-state index contributed by atoms with van der Waals surface area (Å²) >= 11 is 5.92. The summed E-state index contributed by atoms with van der Waals surface area (Å²) in [6.45, 7) is 9.12. The van der Waals surface area contributed by atoms with Crippen LogP contribution in [0.2, 0.25) is 5.02 Å². The minimum Gasteiger partial charge on any atom is -0.309 e. The van der Waals surface area contributed by atoms with E-state index in [-0.39, 0.29) is 0 Å². The highest BCUT2D eigenvalue weighted by atomic mass is 35.5. The van der Waals surface area contributed by atoms with Crippen LogP contribution in [0.3, 0.4) is 0 Å². The maximum Gasteiger partial charge on any atom is 0.0406 e. The van der Waals surface area contributed by atoms with Crippen molar-refractivity contribution in [2.45, 2.75) is 45.3 Å². The second-order valence-electron chi connectivity index (χ2n) is 5.60. The number of piperazine rings is 1. The lowest BCUT2D eigenvalue weighted by Gasteiger charge is -2.39. The summed E-state index contributed by atoms with van der Waals surface area (Å²) in [4.78, 5) is 2.58. The Morgan fingerprint density at radius 1 is 1.22 bits per heavy atom. The molecule has 0 saturated carbocycles. The highest BCUT2D eigenvalue weighted by Crippen LogP contribution is 2.15. The molecule has 2 nitrogen and oxygen atoms in total. The summed E-state index contributed by atoms with van der Waals surface area (Å²) in [6.07, 6.45) is 1.09. The van der Waals surface area contributed by atoms with E-state index in [2.05, 4.69) is 43.1 Å². The molecule has 0 aliphatic carbocycles. The number of nitrogens with zero attached hydrogens (tertiary/aromatic N) is 1. The van der Waals surface area contributed by atoms with Gasteiger partial charge in [-0.25, -0.2) is 0 Å². The molecular formula is C15H23ClN2. The zero-order valence-corrected chi connectivity index (χ0v) is 12.2. The molecule has 1 aliphatic rings. The van der Waals surface area contributed by atoms with Crippen LogP contribution in [0.25, 0.3) is 0 Å². The van der Waals surface area contributed by atoms with Crippen LogP contribution in [0.4, 0.5) is 0 Å². The van der Waals surface area contributed by atoms with E-state index in [0.29, 0.717) is 18.1 Å². The van der Waals surface area contributed by atoms with Gasteiger partial charge in [0.25, 0.3) is 0 Å². The number of halogens is 1. The smallest absolute Gasteiger partial charge is 0.0406 e. The Hall–Kier alpha value is -0.570. The monoisotopic (exact) mass is 266 g/mol. The Bertz CT molecular complexity index is 367. The Morgan fingerprint density at radius 3 is 2.33 bits per heavy atom. The van der Waals surface area contributed by atoms with Gasteiger partial charge < -0.3 is 5.32 Å². The molecule has 1 fully saturated rings. The van der Waals surface area contributed by atoms with Crippen LogP contribution < -0.4 is 5.32 Å². The fraction of sp³-hybridized carbons (Fsp3) is 0.600. The molecule has 2 rings (SSSR count). The van der Waals surface area contributed by atoms with Gasteiger partial charge in [0.15, 0.2) is 0 Å². The first-order valence-electron chi connectivity index (χ1n) is 6.79. The Balaban J connectivity index is 1.94. The van der Waals surface area contributed by atoms with E-state index >= 15 is 0 Å². The molecule has 1 saturated heterocycles. The van der Waals surface area contributed by atoms with Crippen molar-refractivity contribution >= 4 is 11.6 Å². The molecule has 3 heteroatoms. The number of hydrogen-bond donors (Lipinski definition) is 1. The van der Waals surface area contributed by atoms with Crippen LogP contribution in [0.15, 0.2) is 24.3 Å². The molecule has 1 aromatic rings. The van der Waals surface area contributed by atoms with Gasteiger partial charge in [-0.15, -0.1) is 0 Å². The van der Waals surface area contributed by atoms with Gasteiger partial charge in [0.2, 0.25) is 0 Å². The average molecular weight is 267 g/mol. The van der Waals surface area contributed by atoms with Gasteiger partial charge in [-0.1, -0.05) is 23.7 Å². The minimum atomic E-state index is 0.582. The molecule has 0 bridgehead atoms. The van der Waals surface area contributed by atoms with Crippen molar-refractivity contribution < 1.29 is 0 Å².